The Morgan fingerprint density at radius 1 is 1.45 bits per heavy atom. The van der Waals surface area contributed by atoms with Crippen LogP contribution in [0.5, 0.6) is 0 Å². The summed E-state index contributed by atoms with van der Waals surface area (Å²) in [5, 5.41) is 12.2. The van der Waals surface area contributed by atoms with Crippen LogP contribution in [0.2, 0.25) is 0 Å². The third-order valence-corrected chi connectivity index (χ3v) is 4.28. The van der Waals surface area contributed by atoms with Gasteiger partial charge in [-0.3, -0.25) is 9.48 Å². The van der Waals surface area contributed by atoms with Gasteiger partial charge in [-0.05, 0) is 25.8 Å². The number of carbonyl (C=O) groups excluding carboxylic acids is 1. The number of aryl methyl sites for hydroxylation is 2. The third-order valence-electron chi connectivity index (χ3n) is 4.28. The molecule has 0 N–H and O–H groups in total. The lowest BCUT2D eigenvalue weighted by Gasteiger charge is -2.38. The maximum absolute atomic E-state index is 12.5. The van der Waals surface area contributed by atoms with Crippen molar-refractivity contribution in [2.45, 2.75) is 51.6 Å². The van der Waals surface area contributed by atoms with Crippen LogP contribution in [0, 0.1) is 6.92 Å². The van der Waals surface area contributed by atoms with Gasteiger partial charge < -0.3 is 9.32 Å². The summed E-state index contributed by atoms with van der Waals surface area (Å²) in [6.07, 6.45) is 6.00. The SMILES string of the molecule is Cc1nnc([C@H]2CCCN(C(=O)CCn3cccn3)[C@H]2C)o1. The molecule has 2 atom stereocenters. The van der Waals surface area contributed by atoms with Crippen LogP contribution in [0.25, 0.3) is 0 Å². The van der Waals surface area contributed by atoms with Crippen LogP contribution < -0.4 is 0 Å². The number of aromatic nitrogens is 4. The topological polar surface area (TPSA) is 77.1 Å². The first-order valence-corrected chi connectivity index (χ1v) is 7.72. The fourth-order valence-corrected chi connectivity index (χ4v) is 3.07. The van der Waals surface area contributed by atoms with E-state index in [0.29, 0.717) is 24.7 Å². The summed E-state index contributed by atoms with van der Waals surface area (Å²) in [7, 11) is 0. The molecule has 0 unspecified atom stereocenters. The molecule has 0 spiro atoms. The monoisotopic (exact) mass is 303 g/mol. The number of rotatable bonds is 4. The van der Waals surface area contributed by atoms with Gasteiger partial charge in [0.15, 0.2) is 0 Å². The lowest BCUT2D eigenvalue weighted by Crippen LogP contribution is -2.46. The summed E-state index contributed by atoms with van der Waals surface area (Å²) in [4.78, 5) is 14.4. The van der Waals surface area contributed by atoms with E-state index in [4.69, 9.17) is 4.42 Å². The van der Waals surface area contributed by atoms with E-state index in [0.717, 1.165) is 19.4 Å². The van der Waals surface area contributed by atoms with E-state index >= 15 is 0 Å². The van der Waals surface area contributed by atoms with E-state index in [1.807, 2.05) is 17.2 Å². The van der Waals surface area contributed by atoms with Crippen molar-refractivity contribution in [2.75, 3.05) is 6.54 Å². The van der Waals surface area contributed by atoms with Gasteiger partial charge >= 0.3 is 0 Å². The molecule has 0 saturated carbocycles. The Kier molecular flexibility index (Phi) is 4.22. The second-order valence-corrected chi connectivity index (χ2v) is 5.75. The highest BCUT2D eigenvalue weighted by Gasteiger charge is 2.34. The van der Waals surface area contributed by atoms with E-state index in [1.54, 1.807) is 17.8 Å². The minimum absolute atomic E-state index is 0.0821. The Balaban J connectivity index is 1.64. The smallest absolute Gasteiger partial charge is 0.224 e. The second kappa shape index (κ2) is 6.29. The molecule has 7 heteroatoms. The summed E-state index contributed by atoms with van der Waals surface area (Å²) >= 11 is 0. The summed E-state index contributed by atoms with van der Waals surface area (Å²) < 4.78 is 7.35. The van der Waals surface area contributed by atoms with Crippen LogP contribution in [-0.2, 0) is 11.3 Å². The molecular weight excluding hydrogens is 282 g/mol. The van der Waals surface area contributed by atoms with Crippen molar-refractivity contribution in [2.24, 2.45) is 0 Å². The van der Waals surface area contributed by atoms with E-state index in [9.17, 15) is 4.79 Å². The van der Waals surface area contributed by atoms with Crippen LogP contribution >= 0.6 is 0 Å². The fraction of sp³-hybridized carbons (Fsp3) is 0.600. The maximum Gasteiger partial charge on any atom is 0.224 e. The summed E-state index contributed by atoms with van der Waals surface area (Å²) in [6.45, 7) is 5.26. The number of carbonyl (C=O) groups is 1. The van der Waals surface area contributed by atoms with Crippen molar-refractivity contribution in [3.8, 4) is 0 Å². The van der Waals surface area contributed by atoms with Crippen LogP contribution in [0.1, 0.15) is 43.9 Å². The molecular formula is C15H21N5O2. The molecule has 1 fully saturated rings. The summed E-state index contributed by atoms with van der Waals surface area (Å²) in [5.41, 5.74) is 0. The molecule has 2 aromatic heterocycles. The molecule has 118 valence electrons. The average Bonchev–Trinajstić information content (AvgIpc) is 3.16. The fourth-order valence-electron chi connectivity index (χ4n) is 3.07. The van der Waals surface area contributed by atoms with E-state index in [1.165, 1.54) is 0 Å². The molecule has 22 heavy (non-hydrogen) atoms. The first-order valence-electron chi connectivity index (χ1n) is 7.72. The molecule has 1 aliphatic heterocycles. The molecule has 7 nitrogen and oxygen atoms in total. The highest BCUT2D eigenvalue weighted by Crippen LogP contribution is 2.32. The van der Waals surface area contributed by atoms with Gasteiger partial charge in [0.25, 0.3) is 0 Å². The van der Waals surface area contributed by atoms with Crippen LogP contribution in [0.15, 0.2) is 22.9 Å². The third kappa shape index (κ3) is 3.03. The molecule has 2 aromatic rings. The average molecular weight is 303 g/mol. The molecule has 0 bridgehead atoms. The number of nitrogens with zero attached hydrogens (tertiary/aromatic N) is 5. The van der Waals surface area contributed by atoms with Crippen LogP contribution in [0.3, 0.4) is 0 Å². The van der Waals surface area contributed by atoms with Crippen LogP contribution in [0.4, 0.5) is 0 Å². The number of amides is 1. The van der Waals surface area contributed by atoms with Gasteiger partial charge in [0, 0.05) is 44.9 Å². The maximum atomic E-state index is 12.5. The largest absolute Gasteiger partial charge is 0.425 e. The number of hydrogen-bond acceptors (Lipinski definition) is 5. The van der Waals surface area contributed by atoms with E-state index in [-0.39, 0.29) is 17.9 Å². The van der Waals surface area contributed by atoms with E-state index < -0.39 is 0 Å². The summed E-state index contributed by atoms with van der Waals surface area (Å²) in [6, 6.07) is 1.95. The minimum atomic E-state index is 0.0821. The van der Waals surface area contributed by atoms with Gasteiger partial charge in [0.1, 0.15) is 0 Å². The summed E-state index contributed by atoms with van der Waals surface area (Å²) in [5.74, 6) is 1.51. The highest BCUT2D eigenvalue weighted by atomic mass is 16.4. The normalized spacial score (nSPS) is 22.0. The van der Waals surface area contributed by atoms with Crippen molar-refractivity contribution in [1.29, 1.82) is 0 Å². The molecule has 1 saturated heterocycles. The molecule has 0 aliphatic carbocycles. The minimum Gasteiger partial charge on any atom is -0.425 e. The van der Waals surface area contributed by atoms with E-state index in [2.05, 4.69) is 22.2 Å². The van der Waals surface area contributed by atoms with Crippen molar-refractivity contribution in [3.63, 3.8) is 0 Å². The Morgan fingerprint density at radius 2 is 2.32 bits per heavy atom. The number of piperidine rings is 1. The number of hydrogen-bond donors (Lipinski definition) is 0. The zero-order valence-electron chi connectivity index (χ0n) is 13.0. The quantitative estimate of drug-likeness (QED) is 0.860. The Bertz CT molecular complexity index is 622. The Hall–Kier alpha value is -2.18. The molecule has 1 aliphatic rings. The first-order chi connectivity index (χ1) is 10.6. The first kappa shape index (κ1) is 14.7. The predicted molar refractivity (Wildman–Crippen MR) is 79.0 cm³/mol. The Morgan fingerprint density at radius 3 is 3.00 bits per heavy atom. The zero-order chi connectivity index (χ0) is 15.5. The van der Waals surface area contributed by atoms with Gasteiger partial charge in [-0.15, -0.1) is 10.2 Å². The van der Waals surface area contributed by atoms with Gasteiger partial charge in [-0.2, -0.15) is 5.10 Å². The van der Waals surface area contributed by atoms with Crippen molar-refractivity contribution in [3.05, 3.63) is 30.2 Å². The lowest BCUT2D eigenvalue weighted by atomic mass is 9.90. The highest BCUT2D eigenvalue weighted by molar-refractivity contribution is 5.76. The van der Waals surface area contributed by atoms with Gasteiger partial charge in [0.2, 0.25) is 17.7 Å². The standard InChI is InChI=1S/C15H21N5O2/c1-11-13(15-18-17-12(2)22-15)5-3-9-20(11)14(21)6-10-19-8-4-7-16-19/h4,7-8,11,13H,3,5-6,9-10H2,1-2H3/t11-,13-/m0/s1. The van der Waals surface area contributed by atoms with Gasteiger partial charge in [-0.1, -0.05) is 0 Å². The molecule has 3 rings (SSSR count). The molecule has 1 amide bonds. The number of likely N-dealkylation sites (tertiary alicyclic amines) is 1. The molecule has 0 radical (unpaired) electrons. The predicted octanol–water partition coefficient (Wildman–Crippen LogP) is 1.76. The van der Waals surface area contributed by atoms with Gasteiger partial charge in [0.05, 0.1) is 5.92 Å². The van der Waals surface area contributed by atoms with Crippen LogP contribution in [-0.4, -0.2) is 43.4 Å². The Labute approximate surface area is 129 Å². The van der Waals surface area contributed by atoms with Gasteiger partial charge in [-0.25, -0.2) is 0 Å². The molecule has 3 heterocycles. The zero-order valence-corrected chi connectivity index (χ0v) is 13.0. The van der Waals surface area contributed by atoms with Crippen molar-refractivity contribution in [1.82, 2.24) is 24.9 Å². The lowest BCUT2D eigenvalue weighted by molar-refractivity contribution is -0.135. The van der Waals surface area contributed by atoms with Crippen molar-refractivity contribution >= 4 is 5.91 Å². The second-order valence-electron chi connectivity index (χ2n) is 5.75. The van der Waals surface area contributed by atoms with Crippen molar-refractivity contribution < 1.29 is 9.21 Å². The molecule has 0 aromatic carbocycles.